The molecule has 0 radical (unpaired) electrons. The van der Waals surface area contributed by atoms with Crippen LogP contribution in [0.5, 0.6) is 0 Å². The lowest BCUT2D eigenvalue weighted by molar-refractivity contribution is -0.145. The monoisotopic (exact) mass is 226 g/mol. The van der Waals surface area contributed by atoms with Crippen LogP contribution in [-0.2, 0) is 9.53 Å². The summed E-state index contributed by atoms with van der Waals surface area (Å²) in [4.78, 5) is 13.9. The topological polar surface area (TPSA) is 41.6 Å². The van der Waals surface area contributed by atoms with Gasteiger partial charge in [-0.15, -0.1) is 6.58 Å². The summed E-state index contributed by atoms with van der Waals surface area (Å²) in [5, 5.41) is 3.26. The number of hydrogen-bond acceptors (Lipinski definition) is 3. The molecule has 0 aromatic heterocycles. The van der Waals surface area contributed by atoms with Gasteiger partial charge in [0.1, 0.15) is 6.10 Å². The summed E-state index contributed by atoms with van der Waals surface area (Å²) < 4.78 is 5.46. The lowest BCUT2D eigenvalue weighted by Gasteiger charge is -2.35. The molecular formula is C12H22N2O2. The smallest absolute Gasteiger partial charge is 0.251 e. The van der Waals surface area contributed by atoms with E-state index in [4.69, 9.17) is 4.74 Å². The van der Waals surface area contributed by atoms with E-state index in [0.717, 1.165) is 26.1 Å². The number of amides is 1. The van der Waals surface area contributed by atoms with Gasteiger partial charge >= 0.3 is 0 Å². The fourth-order valence-electron chi connectivity index (χ4n) is 1.80. The average molecular weight is 226 g/mol. The van der Waals surface area contributed by atoms with Crippen LogP contribution >= 0.6 is 0 Å². The van der Waals surface area contributed by atoms with Gasteiger partial charge in [0.25, 0.3) is 5.91 Å². The van der Waals surface area contributed by atoms with Crippen molar-refractivity contribution in [1.29, 1.82) is 0 Å². The van der Waals surface area contributed by atoms with Gasteiger partial charge < -0.3 is 15.0 Å². The van der Waals surface area contributed by atoms with E-state index in [-0.39, 0.29) is 18.1 Å². The van der Waals surface area contributed by atoms with Crippen LogP contribution in [0.15, 0.2) is 12.7 Å². The second-order valence-electron chi connectivity index (χ2n) is 4.18. The molecule has 4 nitrogen and oxygen atoms in total. The first-order chi connectivity index (χ1) is 7.66. The number of rotatable bonds is 5. The predicted molar refractivity (Wildman–Crippen MR) is 64.3 cm³/mol. The highest BCUT2D eigenvalue weighted by Crippen LogP contribution is 2.07. The molecule has 2 atom stereocenters. The Kier molecular flexibility index (Phi) is 5.49. The van der Waals surface area contributed by atoms with Gasteiger partial charge in [-0.2, -0.15) is 0 Å². The van der Waals surface area contributed by atoms with E-state index in [1.165, 1.54) is 0 Å². The van der Waals surface area contributed by atoms with Crippen molar-refractivity contribution in [2.45, 2.75) is 32.4 Å². The van der Waals surface area contributed by atoms with Crippen molar-refractivity contribution >= 4 is 5.91 Å². The molecule has 0 aliphatic carbocycles. The SMILES string of the molecule is C=CCCOC(C)C(=O)N1CCNC[C@H]1C. The lowest BCUT2D eigenvalue weighted by atomic mass is 10.2. The predicted octanol–water partition coefficient (Wildman–Crippen LogP) is 0.788. The molecule has 1 fully saturated rings. The Morgan fingerprint density at radius 2 is 2.50 bits per heavy atom. The van der Waals surface area contributed by atoms with E-state index in [1.807, 2.05) is 11.8 Å². The van der Waals surface area contributed by atoms with E-state index in [9.17, 15) is 4.79 Å². The van der Waals surface area contributed by atoms with Crippen molar-refractivity contribution in [3.63, 3.8) is 0 Å². The van der Waals surface area contributed by atoms with Gasteiger partial charge in [0.05, 0.1) is 6.61 Å². The van der Waals surface area contributed by atoms with Crippen molar-refractivity contribution in [2.24, 2.45) is 0 Å². The van der Waals surface area contributed by atoms with E-state index in [1.54, 1.807) is 6.08 Å². The lowest BCUT2D eigenvalue weighted by Crippen LogP contribution is -2.54. The third-order valence-electron chi connectivity index (χ3n) is 2.82. The summed E-state index contributed by atoms with van der Waals surface area (Å²) in [6, 6.07) is 0.256. The number of nitrogens with one attached hydrogen (secondary N) is 1. The van der Waals surface area contributed by atoms with Gasteiger partial charge in [-0.25, -0.2) is 0 Å². The highest BCUT2D eigenvalue weighted by molar-refractivity contribution is 5.81. The molecule has 1 aliphatic heterocycles. The van der Waals surface area contributed by atoms with E-state index >= 15 is 0 Å². The number of carbonyl (C=O) groups is 1. The number of nitrogens with zero attached hydrogens (tertiary/aromatic N) is 1. The standard InChI is InChI=1S/C12H22N2O2/c1-4-5-8-16-11(3)12(15)14-7-6-13-9-10(14)2/h4,10-11,13H,1,5-9H2,2-3H3/t10-,11?/m1/s1. The molecule has 1 saturated heterocycles. The number of ether oxygens (including phenoxy) is 1. The van der Waals surface area contributed by atoms with Crippen molar-refractivity contribution in [3.8, 4) is 0 Å². The molecule has 0 aromatic carbocycles. The maximum Gasteiger partial charge on any atom is 0.251 e. The van der Waals surface area contributed by atoms with Gasteiger partial charge in [0.2, 0.25) is 0 Å². The molecule has 1 heterocycles. The second kappa shape index (κ2) is 6.66. The fourth-order valence-corrected chi connectivity index (χ4v) is 1.80. The number of hydrogen-bond donors (Lipinski definition) is 1. The first-order valence-electron chi connectivity index (χ1n) is 5.90. The van der Waals surface area contributed by atoms with Crippen LogP contribution in [0, 0.1) is 0 Å². The van der Waals surface area contributed by atoms with Crippen LogP contribution in [0.2, 0.25) is 0 Å². The third-order valence-corrected chi connectivity index (χ3v) is 2.82. The zero-order valence-electron chi connectivity index (χ0n) is 10.2. The van der Waals surface area contributed by atoms with Crippen LogP contribution in [0.25, 0.3) is 0 Å². The minimum atomic E-state index is -0.347. The zero-order valence-corrected chi connectivity index (χ0v) is 10.2. The summed E-state index contributed by atoms with van der Waals surface area (Å²) in [6.45, 7) is 10.6. The molecule has 1 amide bonds. The van der Waals surface area contributed by atoms with Gasteiger partial charge in [-0.1, -0.05) is 6.08 Å². The van der Waals surface area contributed by atoms with Gasteiger partial charge in [-0.05, 0) is 20.3 Å². The molecule has 0 spiro atoms. The summed E-state index contributed by atoms with van der Waals surface area (Å²) in [7, 11) is 0. The Bertz CT molecular complexity index is 243. The second-order valence-corrected chi connectivity index (χ2v) is 4.18. The van der Waals surface area contributed by atoms with Crippen LogP contribution in [0.3, 0.4) is 0 Å². The molecule has 1 unspecified atom stereocenters. The Morgan fingerprint density at radius 3 is 3.12 bits per heavy atom. The Morgan fingerprint density at radius 1 is 1.75 bits per heavy atom. The van der Waals surface area contributed by atoms with Crippen molar-refractivity contribution in [2.75, 3.05) is 26.2 Å². The minimum absolute atomic E-state index is 0.0954. The summed E-state index contributed by atoms with van der Waals surface area (Å²) in [5.41, 5.74) is 0. The molecule has 1 rings (SSSR count). The zero-order chi connectivity index (χ0) is 12.0. The highest BCUT2D eigenvalue weighted by Gasteiger charge is 2.26. The normalized spacial score (nSPS) is 22.9. The van der Waals surface area contributed by atoms with Crippen LogP contribution < -0.4 is 5.32 Å². The van der Waals surface area contributed by atoms with Crippen LogP contribution in [-0.4, -0.2) is 49.2 Å². The first-order valence-corrected chi connectivity index (χ1v) is 5.90. The van der Waals surface area contributed by atoms with Crippen LogP contribution in [0.4, 0.5) is 0 Å². The Balaban J connectivity index is 2.39. The molecule has 4 heteroatoms. The largest absolute Gasteiger partial charge is 0.368 e. The molecule has 1 aliphatic rings. The molecule has 0 aromatic rings. The quantitative estimate of drug-likeness (QED) is 0.556. The molecule has 92 valence electrons. The van der Waals surface area contributed by atoms with Crippen molar-refractivity contribution in [3.05, 3.63) is 12.7 Å². The highest BCUT2D eigenvalue weighted by atomic mass is 16.5. The van der Waals surface area contributed by atoms with Gasteiger partial charge in [0, 0.05) is 25.7 Å². The molecular weight excluding hydrogens is 204 g/mol. The third kappa shape index (κ3) is 3.61. The van der Waals surface area contributed by atoms with Gasteiger partial charge in [0.15, 0.2) is 0 Å². The Hall–Kier alpha value is -0.870. The maximum atomic E-state index is 12.1. The van der Waals surface area contributed by atoms with Crippen molar-refractivity contribution in [1.82, 2.24) is 10.2 Å². The van der Waals surface area contributed by atoms with E-state index in [2.05, 4.69) is 18.8 Å². The van der Waals surface area contributed by atoms with Gasteiger partial charge in [-0.3, -0.25) is 4.79 Å². The number of piperazine rings is 1. The van der Waals surface area contributed by atoms with Crippen molar-refractivity contribution < 1.29 is 9.53 Å². The summed E-state index contributed by atoms with van der Waals surface area (Å²) in [6.07, 6.45) is 2.24. The van der Waals surface area contributed by atoms with Crippen LogP contribution in [0.1, 0.15) is 20.3 Å². The molecule has 0 saturated carbocycles. The summed E-state index contributed by atoms with van der Waals surface area (Å²) >= 11 is 0. The molecule has 0 bridgehead atoms. The number of carbonyl (C=O) groups excluding carboxylic acids is 1. The summed E-state index contributed by atoms with van der Waals surface area (Å²) in [5.74, 6) is 0.0954. The molecule has 16 heavy (non-hydrogen) atoms. The molecule has 1 N–H and O–H groups in total. The fraction of sp³-hybridized carbons (Fsp3) is 0.750. The Labute approximate surface area is 97.6 Å². The van der Waals surface area contributed by atoms with E-state index in [0.29, 0.717) is 6.61 Å². The minimum Gasteiger partial charge on any atom is -0.368 e. The first kappa shape index (κ1) is 13.2. The maximum absolute atomic E-state index is 12.1. The van der Waals surface area contributed by atoms with E-state index < -0.39 is 0 Å². The average Bonchev–Trinajstić information content (AvgIpc) is 2.29.